The van der Waals surface area contributed by atoms with Crippen LogP contribution >= 0.6 is 0 Å². The summed E-state index contributed by atoms with van der Waals surface area (Å²) in [6.45, 7) is 4.76. The van der Waals surface area contributed by atoms with Crippen LogP contribution in [0.4, 0.5) is 11.4 Å². The molecule has 8 heteroatoms. The number of nitrogens with one attached hydrogen (secondary N) is 2. The third-order valence-corrected chi connectivity index (χ3v) is 6.74. The van der Waals surface area contributed by atoms with Crippen LogP contribution in [0.25, 0.3) is 21.9 Å². The third-order valence-electron chi connectivity index (χ3n) is 6.74. The van der Waals surface area contributed by atoms with Crippen molar-refractivity contribution in [2.75, 3.05) is 36.9 Å². The van der Waals surface area contributed by atoms with Gasteiger partial charge >= 0.3 is 0 Å². The number of ether oxygens (including phenoxy) is 1. The standard InChI is InChI=1S/C24H26N6O2/c1-2-32-20-13-27-22-17(5-8-26-22)21(20)29-9-10-30(24(14-29)6-7-24)23(31)19-12-15-11-16(25)3-4-18(15)28-19/h3-5,8,11-13,28H,2,6-7,9-10,14,25H2,1H3,(H,26,27). The van der Waals surface area contributed by atoms with Gasteiger partial charge in [-0.3, -0.25) is 4.79 Å². The number of fused-ring (bicyclic) bond motifs is 2. The van der Waals surface area contributed by atoms with E-state index in [4.69, 9.17) is 10.5 Å². The van der Waals surface area contributed by atoms with Crippen LogP contribution in [0.3, 0.4) is 0 Å². The van der Waals surface area contributed by atoms with Crippen molar-refractivity contribution in [3.8, 4) is 5.75 Å². The minimum atomic E-state index is -0.138. The Labute approximate surface area is 185 Å². The van der Waals surface area contributed by atoms with Crippen LogP contribution in [0.15, 0.2) is 42.7 Å². The van der Waals surface area contributed by atoms with Gasteiger partial charge < -0.3 is 30.2 Å². The van der Waals surface area contributed by atoms with E-state index in [9.17, 15) is 4.79 Å². The largest absolute Gasteiger partial charge is 0.490 e. The van der Waals surface area contributed by atoms with Crippen molar-refractivity contribution in [3.05, 3.63) is 48.4 Å². The summed E-state index contributed by atoms with van der Waals surface area (Å²) in [6.07, 6.45) is 5.72. The quantitative estimate of drug-likeness (QED) is 0.430. The average molecular weight is 431 g/mol. The summed E-state index contributed by atoms with van der Waals surface area (Å²) >= 11 is 0. The lowest BCUT2D eigenvalue weighted by Gasteiger charge is -2.43. The molecule has 4 N–H and O–H groups in total. The molecule has 0 atom stereocenters. The number of nitrogens with two attached hydrogens (primary N) is 1. The molecule has 2 aliphatic rings. The summed E-state index contributed by atoms with van der Waals surface area (Å²) in [5.74, 6) is 0.854. The highest BCUT2D eigenvalue weighted by molar-refractivity contribution is 5.99. The lowest BCUT2D eigenvalue weighted by molar-refractivity contribution is 0.0619. The van der Waals surface area contributed by atoms with Crippen molar-refractivity contribution in [2.24, 2.45) is 0 Å². The lowest BCUT2D eigenvalue weighted by Crippen LogP contribution is -2.57. The van der Waals surface area contributed by atoms with E-state index < -0.39 is 0 Å². The first-order valence-corrected chi connectivity index (χ1v) is 11.1. The van der Waals surface area contributed by atoms with Crippen LogP contribution < -0.4 is 15.4 Å². The molecule has 1 amide bonds. The highest BCUT2D eigenvalue weighted by Gasteiger charge is 2.54. The lowest BCUT2D eigenvalue weighted by atomic mass is 10.1. The first kappa shape index (κ1) is 19.0. The van der Waals surface area contributed by atoms with Gasteiger partial charge in [-0.25, -0.2) is 4.98 Å². The number of nitrogen functional groups attached to an aromatic ring is 1. The molecule has 8 nitrogen and oxygen atoms in total. The number of hydrogen-bond donors (Lipinski definition) is 3. The van der Waals surface area contributed by atoms with Crippen LogP contribution in [0, 0.1) is 0 Å². The molecule has 1 aliphatic heterocycles. The SMILES string of the molecule is CCOc1cnc2[nH]ccc2c1N1CCN(C(=O)c2cc3cc(N)ccc3[nH]2)C2(CC2)C1. The second-order valence-corrected chi connectivity index (χ2v) is 8.78. The number of benzene rings is 1. The molecule has 0 unspecified atom stereocenters. The number of carbonyl (C=O) groups is 1. The zero-order chi connectivity index (χ0) is 21.9. The Balaban J connectivity index is 1.31. The summed E-state index contributed by atoms with van der Waals surface area (Å²) in [4.78, 5) is 28.9. The molecule has 2 fully saturated rings. The van der Waals surface area contributed by atoms with Crippen molar-refractivity contribution in [1.82, 2.24) is 19.9 Å². The van der Waals surface area contributed by atoms with Gasteiger partial charge in [0.15, 0.2) is 5.75 Å². The molecule has 32 heavy (non-hydrogen) atoms. The monoisotopic (exact) mass is 430 g/mol. The molecule has 1 saturated carbocycles. The second-order valence-electron chi connectivity index (χ2n) is 8.78. The van der Waals surface area contributed by atoms with E-state index in [1.807, 2.05) is 43.5 Å². The summed E-state index contributed by atoms with van der Waals surface area (Å²) < 4.78 is 5.93. The smallest absolute Gasteiger partial charge is 0.270 e. The highest BCUT2D eigenvalue weighted by atomic mass is 16.5. The number of nitrogens with zero attached hydrogens (tertiary/aromatic N) is 3. The number of rotatable bonds is 4. The van der Waals surface area contributed by atoms with Crippen molar-refractivity contribution in [2.45, 2.75) is 25.3 Å². The number of anilines is 2. The number of aromatic amines is 2. The molecule has 1 spiro atoms. The predicted molar refractivity (Wildman–Crippen MR) is 125 cm³/mol. The van der Waals surface area contributed by atoms with E-state index in [0.29, 0.717) is 24.5 Å². The molecule has 3 aromatic heterocycles. The van der Waals surface area contributed by atoms with Crippen LogP contribution in [0.2, 0.25) is 0 Å². The van der Waals surface area contributed by atoms with Crippen molar-refractivity contribution in [1.29, 1.82) is 0 Å². The molecular weight excluding hydrogens is 404 g/mol. The summed E-state index contributed by atoms with van der Waals surface area (Å²) in [5, 5.41) is 2.02. The van der Waals surface area contributed by atoms with E-state index in [2.05, 4.69) is 24.8 Å². The molecule has 1 saturated heterocycles. The number of pyridine rings is 1. The molecule has 0 bridgehead atoms. The Kier molecular flexibility index (Phi) is 4.11. The number of aromatic nitrogens is 3. The Morgan fingerprint density at radius 1 is 1.25 bits per heavy atom. The van der Waals surface area contributed by atoms with Gasteiger partial charge in [-0.1, -0.05) is 0 Å². The molecule has 164 valence electrons. The van der Waals surface area contributed by atoms with Crippen LogP contribution in [0.1, 0.15) is 30.3 Å². The van der Waals surface area contributed by atoms with E-state index in [1.54, 1.807) is 6.20 Å². The fourth-order valence-electron chi connectivity index (χ4n) is 5.03. The van der Waals surface area contributed by atoms with Gasteiger partial charge in [0, 0.05) is 47.8 Å². The number of piperazine rings is 1. The Morgan fingerprint density at radius 2 is 2.12 bits per heavy atom. The van der Waals surface area contributed by atoms with Gasteiger partial charge in [-0.15, -0.1) is 0 Å². The van der Waals surface area contributed by atoms with E-state index in [-0.39, 0.29) is 11.4 Å². The van der Waals surface area contributed by atoms with Gasteiger partial charge in [0.2, 0.25) is 0 Å². The molecule has 4 aromatic rings. The average Bonchev–Trinajstić information content (AvgIpc) is 3.21. The number of amides is 1. The van der Waals surface area contributed by atoms with E-state index in [0.717, 1.165) is 59.3 Å². The summed E-state index contributed by atoms with van der Waals surface area (Å²) in [5.41, 5.74) is 9.94. The third kappa shape index (κ3) is 2.90. The minimum absolute atomic E-state index is 0.0588. The fraction of sp³-hybridized carbons (Fsp3) is 0.333. The molecule has 1 aromatic carbocycles. The van der Waals surface area contributed by atoms with Crippen molar-refractivity contribution in [3.63, 3.8) is 0 Å². The predicted octanol–water partition coefficient (Wildman–Crippen LogP) is 3.52. The zero-order valence-electron chi connectivity index (χ0n) is 18.0. The highest BCUT2D eigenvalue weighted by Crippen LogP contribution is 2.47. The summed E-state index contributed by atoms with van der Waals surface area (Å²) in [7, 11) is 0. The first-order chi connectivity index (χ1) is 15.6. The van der Waals surface area contributed by atoms with Gasteiger partial charge in [0.25, 0.3) is 5.91 Å². The molecule has 4 heterocycles. The molecule has 6 rings (SSSR count). The number of H-pyrrole nitrogens is 2. The number of carbonyl (C=O) groups excluding carboxylic acids is 1. The topological polar surface area (TPSA) is 103 Å². The Hall–Kier alpha value is -3.68. The maximum absolute atomic E-state index is 13.5. The van der Waals surface area contributed by atoms with Crippen molar-refractivity contribution >= 4 is 39.2 Å². The normalized spacial score (nSPS) is 17.4. The van der Waals surface area contributed by atoms with Gasteiger partial charge in [-0.2, -0.15) is 0 Å². The van der Waals surface area contributed by atoms with Gasteiger partial charge in [0.1, 0.15) is 11.3 Å². The van der Waals surface area contributed by atoms with Crippen LogP contribution in [-0.2, 0) is 0 Å². The van der Waals surface area contributed by atoms with Gasteiger partial charge in [-0.05, 0) is 50.1 Å². The maximum Gasteiger partial charge on any atom is 0.270 e. The zero-order valence-corrected chi connectivity index (χ0v) is 18.0. The molecule has 1 aliphatic carbocycles. The minimum Gasteiger partial charge on any atom is -0.490 e. The summed E-state index contributed by atoms with van der Waals surface area (Å²) in [6, 6.07) is 9.63. The second kappa shape index (κ2) is 6.91. The van der Waals surface area contributed by atoms with Crippen LogP contribution in [0.5, 0.6) is 5.75 Å². The van der Waals surface area contributed by atoms with E-state index in [1.165, 1.54) is 0 Å². The van der Waals surface area contributed by atoms with Crippen molar-refractivity contribution < 1.29 is 9.53 Å². The van der Waals surface area contributed by atoms with Crippen LogP contribution in [-0.4, -0.2) is 57.5 Å². The molecule has 0 radical (unpaired) electrons. The Bertz CT molecular complexity index is 1340. The number of hydrogen-bond acceptors (Lipinski definition) is 5. The first-order valence-electron chi connectivity index (χ1n) is 11.1. The Morgan fingerprint density at radius 3 is 2.94 bits per heavy atom. The van der Waals surface area contributed by atoms with Gasteiger partial charge in [0.05, 0.1) is 24.0 Å². The van der Waals surface area contributed by atoms with E-state index >= 15 is 0 Å². The molecular formula is C24H26N6O2. The maximum atomic E-state index is 13.5. The fourth-order valence-corrected chi connectivity index (χ4v) is 5.03.